The van der Waals surface area contributed by atoms with Crippen LogP contribution in [-0.2, 0) is 10.0 Å². The number of benzene rings is 1. The number of hydrogen-bond donors (Lipinski definition) is 1. The number of aryl methyl sites for hydroxylation is 1. The van der Waals surface area contributed by atoms with Crippen molar-refractivity contribution in [3.8, 4) is 17.0 Å². The highest BCUT2D eigenvalue weighted by Gasteiger charge is 2.21. The van der Waals surface area contributed by atoms with E-state index in [1.807, 2.05) is 6.92 Å². The minimum absolute atomic E-state index is 0.0148. The first kappa shape index (κ1) is 20.5. The van der Waals surface area contributed by atoms with Crippen molar-refractivity contribution < 1.29 is 17.5 Å². The zero-order valence-corrected chi connectivity index (χ0v) is 17.4. The molecular weight excluding hydrogens is 423 g/mol. The second kappa shape index (κ2) is 7.80. The number of halogens is 1. The molecule has 4 aromatic rings. The molecule has 3 heterocycles. The molecule has 0 saturated carbocycles. The Kier molecular flexibility index (Phi) is 5.15. The smallest absolute Gasteiger partial charge is 0.264 e. The Hall–Kier alpha value is -3.79. The van der Waals surface area contributed by atoms with Crippen molar-refractivity contribution >= 4 is 21.4 Å². The van der Waals surface area contributed by atoms with Crippen LogP contribution in [0.15, 0.2) is 70.7 Å². The molecule has 0 bridgehead atoms. The molecule has 158 valence electrons. The van der Waals surface area contributed by atoms with E-state index >= 15 is 0 Å². The predicted octanol–water partition coefficient (Wildman–Crippen LogP) is 3.01. The monoisotopic (exact) mass is 440 g/mol. The van der Waals surface area contributed by atoms with Gasteiger partial charge in [-0.15, -0.1) is 0 Å². The Balaban J connectivity index is 1.83. The fraction of sp³-hybridized carbons (Fsp3) is 0.0952. The highest BCUT2D eigenvalue weighted by atomic mass is 32.2. The molecule has 0 saturated heterocycles. The van der Waals surface area contributed by atoms with Gasteiger partial charge in [-0.05, 0) is 36.8 Å². The van der Waals surface area contributed by atoms with E-state index in [9.17, 15) is 17.6 Å². The predicted molar refractivity (Wildman–Crippen MR) is 113 cm³/mol. The zero-order valence-electron chi connectivity index (χ0n) is 16.5. The lowest BCUT2D eigenvalue weighted by molar-refractivity contribution is 0.400. The normalized spacial score (nSPS) is 11.5. The second-order valence-electron chi connectivity index (χ2n) is 6.70. The highest BCUT2D eigenvalue weighted by Crippen LogP contribution is 2.32. The summed E-state index contributed by atoms with van der Waals surface area (Å²) in [7, 11) is -2.89. The van der Waals surface area contributed by atoms with Gasteiger partial charge in [-0.25, -0.2) is 22.8 Å². The van der Waals surface area contributed by atoms with Crippen LogP contribution in [0.1, 0.15) is 5.56 Å². The Morgan fingerprint density at radius 2 is 1.90 bits per heavy atom. The van der Waals surface area contributed by atoms with Gasteiger partial charge in [0.15, 0.2) is 0 Å². The van der Waals surface area contributed by atoms with Crippen LogP contribution < -0.4 is 15.0 Å². The number of ether oxygens (including phenoxy) is 1. The molecule has 0 aliphatic heterocycles. The third kappa shape index (κ3) is 3.84. The minimum Gasteiger partial charge on any atom is -0.480 e. The summed E-state index contributed by atoms with van der Waals surface area (Å²) in [5.74, 6) is -0.865. The number of pyridine rings is 2. The van der Waals surface area contributed by atoms with Crippen molar-refractivity contribution in [3.63, 3.8) is 0 Å². The molecule has 0 aliphatic rings. The van der Waals surface area contributed by atoms with Gasteiger partial charge in [0.25, 0.3) is 15.6 Å². The molecule has 1 N–H and O–H groups in total. The van der Waals surface area contributed by atoms with Crippen LogP contribution in [-0.4, -0.2) is 29.9 Å². The fourth-order valence-corrected chi connectivity index (χ4v) is 4.30. The number of methoxy groups -OCH3 is 1. The lowest BCUT2D eigenvalue weighted by Crippen LogP contribution is -2.16. The molecule has 0 fully saturated rings. The lowest BCUT2D eigenvalue weighted by Gasteiger charge is -2.14. The van der Waals surface area contributed by atoms with Crippen molar-refractivity contribution in [2.24, 2.45) is 0 Å². The Labute approximate surface area is 177 Å². The molecule has 0 aliphatic carbocycles. The first-order valence-corrected chi connectivity index (χ1v) is 10.6. The number of sulfonamides is 1. The summed E-state index contributed by atoms with van der Waals surface area (Å²) in [5, 5.41) is 0. The average molecular weight is 440 g/mol. The van der Waals surface area contributed by atoms with Crippen molar-refractivity contribution in [1.82, 2.24) is 14.4 Å². The first-order chi connectivity index (χ1) is 14.8. The Bertz CT molecular complexity index is 1470. The van der Waals surface area contributed by atoms with E-state index in [1.165, 1.54) is 48.2 Å². The van der Waals surface area contributed by atoms with Gasteiger partial charge < -0.3 is 4.74 Å². The van der Waals surface area contributed by atoms with E-state index in [0.717, 1.165) is 17.7 Å². The van der Waals surface area contributed by atoms with E-state index in [0.29, 0.717) is 16.8 Å². The standard InChI is InChI=1S/C21H17FN4O4S/c1-13-9-19-23-8-7-20(27)26(19)12-15(13)14-10-17(21(30-2)24-11-14)25-31(28,29)18-6-4-3-5-16(18)22/h3-12,25H,1-2H3. The summed E-state index contributed by atoms with van der Waals surface area (Å²) in [5.41, 5.74) is 2.23. The quantitative estimate of drug-likeness (QED) is 0.512. The highest BCUT2D eigenvalue weighted by molar-refractivity contribution is 7.92. The largest absolute Gasteiger partial charge is 0.480 e. The minimum atomic E-state index is -4.24. The van der Waals surface area contributed by atoms with Gasteiger partial charge in [0.05, 0.1) is 7.11 Å². The number of anilines is 1. The van der Waals surface area contributed by atoms with Crippen LogP contribution >= 0.6 is 0 Å². The SMILES string of the molecule is COc1ncc(-c2cn3c(=O)ccnc3cc2C)cc1NS(=O)(=O)c1ccccc1F. The third-order valence-corrected chi connectivity index (χ3v) is 6.06. The maximum absolute atomic E-state index is 14.0. The van der Waals surface area contributed by atoms with Crippen molar-refractivity contribution in [1.29, 1.82) is 0 Å². The molecule has 3 aromatic heterocycles. The number of fused-ring (bicyclic) bond motifs is 1. The van der Waals surface area contributed by atoms with Gasteiger partial charge in [-0.1, -0.05) is 12.1 Å². The molecule has 0 amide bonds. The number of nitrogens with one attached hydrogen (secondary N) is 1. The molecule has 8 nitrogen and oxygen atoms in total. The molecule has 0 radical (unpaired) electrons. The Morgan fingerprint density at radius 1 is 1.13 bits per heavy atom. The topological polar surface area (TPSA) is 103 Å². The van der Waals surface area contributed by atoms with Gasteiger partial charge in [0.1, 0.15) is 22.0 Å². The molecule has 0 spiro atoms. The molecule has 1 aromatic carbocycles. The zero-order chi connectivity index (χ0) is 22.2. The van der Waals surface area contributed by atoms with E-state index < -0.39 is 20.7 Å². The number of hydrogen-bond acceptors (Lipinski definition) is 6. The number of rotatable bonds is 5. The van der Waals surface area contributed by atoms with Crippen LogP contribution in [0.3, 0.4) is 0 Å². The van der Waals surface area contributed by atoms with E-state index in [1.54, 1.807) is 12.3 Å². The van der Waals surface area contributed by atoms with Crippen LogP contribution in [0.25, 0.3) is 16.8 Å². The summed E-state index contributed by atoms with van der Waals surface area (Å²) in [6, 6.07) is 9.64. The van der Waals surface area contributed by atoms with Crippen molar-refractivity contribution in [3.05, 3.63) is 82.8 Å². The molecular formula is C21H17FN4O4S. The molecule has 4 rings (SSSR count). The summed E-state index contributed by atoms with van der Waals surface area (Å²) >= 11 is 0. The molecule has 0 atom stereocenters. The van der Waals surface area contributed by atoms with Gasteiger partial charge in [-0.3, -0.25) is 13.9 Å². The summed E-state index contributed by atoms with van der Waals surface area (Å²) in [6.45, 7) is 1.84. The van der Waals surface area contributed by atoms with Gasteiger partial charge in [0.2, 0.25) is 5.88 Å². The van der Waals surface area contributed by atoms with Gasteiger partial charge in [0, 0.05) is 35.8 Å². The maximum Gasteiger partial charge on any atom is 0.264 e. The van der Waals surface area contributed by atoms with Crippen molar-refractivity contribution in [2.75, 3.05) is 11.8 Å². The van der Waals surface area contributed by atoms with Crippen LogP contribution in [0.5, 0.6) is 5.88 Å². The maximum atomic E-state index is 14.0. The summed E-state index contributed by atoms with van der Waals surface area (Å²) in [6.07, 6.45) is 4.54. The van der Waals surface area contributed by atoms with Crippen molar-refractivity contribution in [2.45, 2.75) is 11.8 Å². The summed E-state index contributed by atoms with van der Waals surface area (Å²) < 4.78 is 48.4. The van der Waals surface area contributed by atoms with E-state index in [4.69, 9.17) is 4.74 Å². The first-order valence-electron chi connectivity index (χ1n) is 9.10. The third-order valence-electron chi connectivity index (χ3n) is 4.66. The van der Waals surface area contributed by atoms with Crippen LogP contribution in [0.2, 0.25) is 0 Å². The van der Waals surface area contributed by atoms with Gasteiger partial charge in [-0.2, -0.15) is 0 Å². The summed E-state index contributed by atoms with van der Waals surface area (Å²) in [4.78, 5) is 20.0. The number of aromatic nitrogens is 3. The second-order valence-corrected chi connectivity index (χ2v) is 8.35. The fourth-order valence-electron chi connectivity index (χ4n) is 3.17. The van der Waals surface area contributed by atoms with E-state index in [-0.39, 0.29) is 17.1 Å². The Morgan fingerprint density at radius 3 is 2.65 bits per heavy atom. The van der Waals surface area contributed by atoms with Crippen LogP contribution in [0, 0.1) is 12.7 Å². The van der Waals surface area contributed by atoms with Crippen LogP contribution in [0.4, 0.5) is 10.1 Å². The van der Waals surface area contributed by atoms with E-state index in [2.05, 4.69) is 14.7 Å². The molecule has 31 heavy (non-hydrogen) atoms. The van der Waals surface area contributed by atoms with Gasteiger partial charge >= 0.3 is 0 Å². The lowest BCUT2D eigenvalue weighted by atomic mass is 10.0. The molecule has 10 heteroatoms. The molecule has 0 unspecified atom stereocenters. The number of nitrogens with zero attached hydrogens (tertiary/aromatic N) is 3. The average Bonchev–Trinajstić information content (AvgIpc) is 2.73.